The minimum atomic E-state index is -1.10. The van der Waals surface area contributed by atoms with Crippen LogP contribution in [0, 0.1) is 13.8 Å². The second kappa shape index (κ2) is 14.0. The first-order valence-electron chi connectivity index (χ1n) is 15.1. The summed E-state index contributed by atoms with van der Waals surface area (Å²) in [7, 11) is 0. The molecule has 0 atom stereocenters. The van der Waals surface area contributed by atoms with Crippen LogP contribution in [0.15, 0.2) is 132 Å². The lowest BCUT2D eigenvalue weighted by molar-refractivity contribution is -0.140. The molecule has 1 heterocycles. The molecule has 5 nitrogen and oxygen atoms in total. The van der Waals surface area contributed by atoms with E-state index in [1.165, 1.54) is 5.56 Å². The number of carbonyl (C=O) groups is 2. The quantitative estimate of drug-likeness (QED) is 0.0972. The molecule has 1 aliphatic rings. The number of nitrogens with zero attached hydrogens (tertiary/aromatic N) is 2. The maximum atomic E-state index is 12.8. The van der Waals surface area contributed by atoms with Gasteiger partial charge in [-0.25, -0.2) is 0 Å². The fourth-order valence-corrected chi connectivity index (χ4v) is 6.84. The number of carboxylic acid groups (broad SMARTS) is 1. The van der Waals surface area contributed by atoms with Crippen LogP contribution in [0.3, 0.4) is 0 Å². The van der Waals surface area contributed by atoms with Gasteiger partial charge in [0.2, 0.25) is 0 Å². The highest BCUT2D eigenvalue weighted by Crippen LogP contribution is 2.38. The summed E-state index contributed by atoms with van der Waals surface area (Å²) >= 11 is 6.37. The fraction of sp³-hybridized carbons (Fsp3) is 0.0750. The summed E-state index contributed by atoms with van der Waals surface area (Å²) < 4.78 is 0.249. The van der Waals surface area contributed by atoms with Crippen LogP contribution in [0.1, 0.15) is 33.4 Å². The lowest BCUT2D eigenvalue weighted by atomic mass is 9.95. The van der Waals surface area contributed by atoms with Crippen LogP contribution in [-0.2, 0) is 9.59 Å². The van der Waals surface area contributed by atoms with Crippen LogP contribution in [0.4, 0.5) is 17.1 Å². The topological polar surface area (TPSA) is 60.9 Å². The van der Waals surface area contributed by atoms with E-state index < -0.39 is 12.5 Å². The first kappa shape index (κ1) is 31.7. The highest BCUT2D eigenvalue weighted by atomic mass is 32.2. The summed E-state index contributed by atoms with van der Waals surface area (Å²) in [5, 5.41) is 9.15. The third-order valence-corrected chi connectivity index (χ3v) is 9.22. The van der Waals surface area contributed by atoms with E-state index in [9.17, 15) is 9.59 Å². The van der Waals surface area contributed by atoms with Crippen LogP contribution < -0.4 is 4.90 Å². The van der Waals surface area contributed by atoms with Gasteiger partial charge in [0.05, 0.1) is 4.91 Å². The van der Waals surface area contributed by atoms with Gasteiger partial charge in [-0.3, -0.25) is 14.5 Å². The van der Waals surface area contributed by atoms with Crippen molar-refractivity contribution in [1.29, 1.82) is 0 Å². The zero-order valence-corrected chi connectivity index (χ0v) is 27.6. The highest BCUT2D eigenvalue weighted by Gasteiger charge is 2.33. The van der Waals surface area contributed by atoms with E-state index >= 15 is 0 Å². The summed E-state index contributed by atoms with van der Waals surface area (Å²) in [6.45, 7) is 3.76. The molecule has 0 spiro atoms. The SMILES string of the molecule is Cc1ccc(N(c2ccc(C=C(c3ccccc3)c3ccccc3)cc2)c2ccc(/C=C3\SC(=S)N(CC(=O)O)C3=O)cc2)c(C)c1. The minimum Gasteiger partial charge on any atom is -0.480 e. The van der Waals surface area contributed by atoms with Gasteiger partial charge in [-0.05, 0) is 89.7 Å². The molecule has 1 fully saturated rings. The van der Waals surface area contributed by atoms with Crippen LogP contribution in [0.5, 0.6) is 0 Å². The number of rotatable bonds is 9. The number of aliphatic carboxylic acids is 1. The molecule has 0 unspecified atom stereocenters. The number of anilines is 3. The molecule has 1 amide bonds. The standard InChI is InChI=1S/C40H32N2O3S2/c1-27-13-22-36(28(2)23-27)42(34-20-16-30(17-21-34)25-37-39(45)41(26-38(43)44)40(46)47-37)33-18-14-29(15-19-33)24-35(31-9-5-3-6-10-31)32-11-7-4-8-12-32/h3-25H,26H2,1-2H3,(H,43,44)/b37-25-. The molecule has 1 aliphatic heterocycles. The number of thioether (sulfide) groups is 1. The third-order valence-electron chi connectivity index (χ3n) is 7.84. The van der Waals surface area contributed by atoms with Gasteiger partial charge in [-0.15, -0.1) is 0 Å². The van der Waals surface area contributed by atoms with Crippen molar-refractivity contribution < 1.29 is 14.7 Å². The first-order valence-corrected chi connectivity index (χ1v) is 16.4. The van der Waals surface area contributed by atoms with Crippen molar-refractivity contribution in [3.05, 3.63) is 166 Å². The molecule has 1 N–H and O–H groups in total. The number of amides is 1. The Balaban J connectivity index is 1.34. The molecule has 7 heteroatoms. The van der Waals surface area contributed by atoms with Crippen molar-refractivity contribution in [2.24, 2.45) is 0 Å². The lowest BCUT2D eigenvalue weighted by Gasteiger charge is -2.27. The highest BCUT2D eigenvalue weighted by molar-refractivity contribution is 8.26. The van der Waals surface area contributed by atoms with Crippen LogP contribution >= 0.6 is 24.0 Å². The zero-order valence-electron chi connectivity index (χ0n) is 26.0. The number of aryl methyl sites for hydroxylation is 2. The second-order valence-electron chi connectivity index (χ2n) is 11.3. The Morgan fingerprint density at radius 1 is 0.787 bits per heavy atom. The number of benzene rings is 5. The van der Waals surface area contributed by atoms with Gasteiger partial charge in [-0.2, -0.15) is 0 Å². The average Bonchev–Trinajstić information content (AvgIpc) is 3.33. The second-order valence-corrected chi connectivity index (χ2v) is 12.9. The first-order chi connectivity index (χ1) is 22.8. The molecule has 5 aromatic rings. The molecule has 0 aromatic heterocycles. The van der Waals surface area contributed by atoms with Crippen molar-refractivity contribution in [3.63, 3.8) is 0 Å². The monoisotopic (exact) mass is 652 g/mol. The Morgan fingerprint density at radius 3 is 1.87 bits per heavy atom. The normalized spacial score (nSPS) is 13.6. The van der Waals surface area contributed by atoms with Crippen LogP contribution in [0.25, 0.3) is 17.7 Å². The molecule has 0 bridgehead atoms. The van der Waals surface area contributed by atoms with Gasteiger partial charge >= 0.3 is 5.97 Å². The minimum absolute atomic E-state index is 0.249. The molecule has 1 saturated heterocycles. The molecule has 232 valence electrons. The van der Waals surface area contributed by atoms with Gasteiger partial charge in [0, 0.05) is 17.1 Å². The van der Waals surface area contributed by atoms with E-state index in [1.807, 2.05) is 36.4 Å². The maximum absolute atomic E-state index is 12.8. The number of thiocarbonyl (C=S) groups is 1. The fourth-order valence-electron chi connectivity index (χ4n) is 5.58. The van der Waals surface area contributed by atoms with Crippen molar-refractivity contribution in [1.82, 2.24) is 4.90 Å². The van der Waals surface area contributed by atoms with E-state index in [2.05, 4.69) is 116 Å². The number of carboxylic acids is 1. The Kier molecular flexibility index (Phi) is 9.47. The summed E-state index contributed by atoms with van der Waals surface area (Å²) in [6.07, 6.45) is 3.98. The summed E-state index contributed by atoms with van der Waals surface area (Å²) in [6, 6.07) is 43.8. The smallest absolute Gasteiger partial charge is 0.323 e. The summed E-state index contributed by atoms with van der Waals surface area (Å²) in [5.41, 5.74) is 10.8. The Bertz CT molecular complexity index is 1960. The van der Waals surface area contributed by atoms with E-state index in [1.54, 1.807) is 6.08 Å². The van der Waals surface area contributed by atoms with Gasteiger partial charge in [0.15, 0.2) is 0 Å². The van der Waals surface area contributed by atoms with Crippen molar-refractivity contribution in [2.45, 2.75) is 13.8 Å². The molecular weight excluding hydrogens is 621 g/mol. The zero-order chi connectivity index (χ0) is 32.9. The summed E-state index contributed by atoms with van der Waals surface area (Å²) in [4.78, 5) is 27.7. The lowest BCUT2D eigenvalue weighted by Crippen LogP contribution is -2.33. The largest absolute Gasteiger partial charge is 0.480 e. The van der Waals surface area contributed by atoms with Gasteiger partial charge in [0.1, 0.15) is 10.9 Å². The van der Waals surface area contributed by atoms with Gasteiger partial charge in [0.25, 0.3) is 5.91 Å². The molecule has 5 aromatic carbocycles. The Hall–Kier alpha value is -5.24. The molecule has 6 rings (SSSR count). The molecule has 47 heavy (non-hydrogen) atoms. The maximum Gasteiger partial charge on any atom is 0.323 e. The number of carbonyl (C=O) groups excluding carboxylic acids is 1. The number of hydrogen-bond donors (Lipinski definition) is 1. The van der Waals surface area contributed by atoms with E-state index in [0.717, 1.165) is 67.1 Å². The van der Waals surface area contributed by atoms with Crippen molar-refractivity contribution in [3.8, 4) is 0 Å². The Labute approximate surface area is 284 Å². The van der Waals surface area contributed by atoms with E-state index in [0.29, 0.717) is 4.91 Å². The third kappa shape index (κ3) is 7.27. The van der Waals surface area contributed by atoms with Crippen LogP contribution in [-0.4, -0.2) is 32.7 Å². The molecular formula is C40H32N2O3S2. The van der Waals surface area contributed by atoms with Crippen LogP contribution in [0.2, 0.25) is 0 Å². The number of hydrogen-bond acceptors (Lipinski definition) is 5. The predicted molar refractivity (Wildman–Crippen MR) is 198 cm³/mol. The van der Waals surface area contributed by atoms with Crippen molar-refractivity contribution >= 4 is 75.0 Å². The Morgan fingerprint density at radius 2 is 1.34 bits per heavy atom. The van der Waals surface area contributed by atoms with Crippen molar-refractivity contribution in [2.75, 3.05) is 11.4 Å². The van der Waals surface area contributed by atoms with Gasteiger partial charge < -0.3 is 10.0 Å². The summed E-state index contributed by atoms with van der Waals surface area (Å²) in [5.74, 6) is -1.49. The van der Waals surface area contributed by atoms with Gasteiger partial charge in [-0.1, -0.05) is 127 Å². The average molecular weight is 653 g/mol. The molecule has 0 saturated carbocycles. The molecule has 0 aliphatic carbocycles. The molecule has 0 radical (unpaired) electrons. The van der Waals surface area contributed by atoms with E-state index in [-0.39, 0.29) is 10.2 Å². The predicted octanol–water partition coefficient (Wildman–Crippen LogP) is 9.65. The van der Waals surface area contributed by atoms with E-state index in [4.69, 9.17) is 17.3 Å².